The van der Waals surface area contributed by atoms with Crippen molar-refractivity contribution in [3.63, 3.8) is 0 Å². The zero-order valence-corrected chi connectivity index (χ0v) is 14.0. The Morgan fingerprint density at radius 2 is 1.95 bits per heavy atom. The first-order chi connectivity index (χ1) is 10.2. The number of nitrogens with two attached hydrogens (primary N) is 1. The molecule has 0 amide bonds. The van der Waals surface area contributed by atoms with Crippen LogP contribution in [0, 0.1) is 0 Å². The molecule has 1 fully saturated rings. The molecule has 6 nitrogen and oxygen atoms in total. The van der Waals surface area contributed by atoms with Crippen LogP contribution < -0.4 is 16.0 Å². The maximum atomic E-state index is 5.82. The molecule has 118 valence electrons. The first kappa shape index (κ1) is 16.1. The SMILES string of the molecule is CCSC1CCC(Nc2nc(N)nc(N(CC)CC)n2)C1. The monoisotopic (exact) mass is 310 g/mol. The molecule has 1 aliphatic carbocycles. The van der Waals surface area contributed by atoms with Gasteiger partial charge < -0.3 is 16.0 Å². The number of aromatic nitrogens is 3. The van der Waals surface area contributed by atoms with Gasteiger partial charge in [-0.1, -0.05) is 6.92 Å². The number of hydrogen-bond acceptors (Lipinski definition) is 7. The third-order valence-corrected chi connectivity index (χ3v) is 5.04. The van der Waals surface area contributed by atoms with E-state index in [0.717, 1.165) is 18.3 Å². The molecule has 0 radical (unpaired) electrons. The number of nitrogens with zero attached hydrogens (tertiary/aromatic N) is 4. The Morgan fingerprint density at radius 3 is 2.62 bits per heavy atom. The Bertz CT molecular complexity index is 451. The maximum Gasteiger partial charge on any atom is 0.231 e. The third-order valence-electron chi connectivity index (χ3n) is 3.81. The van der Waals surface area contributed by atoms with Crippen LogP contribution in [0.15, 0.2) is 0 Å². The predicted molar refractivity (Wildman–Crippen MR) is 91.0 cm³/mol. The molecule has 1 aliphatic rings. The van der Waals surface area contributed by atoms with Crippen LogP contribution in [0.5, 0.6) is 0 Å². The second-order valence-corrected chi connectivity index (χ2v) is 6.80. The normalized spacial score (nSPS) is 21.5. The van der Waals surface area contributed by atoms with E-state index in [1.54, 1.807) is 0 Å². The molecule has 21 heavy (non-hydrogen) atoms. The zero-order chi connectivity index (χ0) is 15.2. The van der Waals surface area contributed by atoms with Gasteiger partial charge in [0, 0.05) is 24.4 Å². The quantitative estimate of drug-likeness (QED) is 0.800. The Morgan fingerprint density at radius 1 is 1.19 bits per heavy atom. The molecule has 0 spiro atoms. The van der Waals surface area contributed by atoms with Crippen LogP contribution in [0.25, 0.3) is 0 Å². The summed E-state index contributed by atoms with van der Waals surface area (Å²) in [5, 5.41) is 4.19. The molecule has 3 N–H and O–H groups in total. The van der Waals surface area contributed by atoms with Crippen LogP contribution in [0.4, 0.5) is 17.8 Å². The van der Waals surface area contributed by atoms with E-state index in [9.17, 15) is 0 Å². The van der Waals surface area contributed by atoms with Crippen LogP contribution in [0.1, 0.15) is 40.0 Å². The van der Waals surface area contributed by atoms with E-state index in [-0.39, 0.29) is 5.95 Å². The second-order valence-electron chi connectivity index (χ2n) is 5.22. The van der Waals surface area contributed by atoms with E-state index in [2.05, 4.69) is 45.9 Å². The highest BCUT2D eigenvalue weighted by Gasteiger charge is 2.25. The van der Waals surface area contributed by atoms with Crippen molar-refractivity contribution in [3.05, 3.63) is 0 Å². The smallest absolute Gasteiger partial charge is 0.231 e. The van der Waals surface area contributed by atoms with Gasteiger partial charge in [-0.25, -0.2) is 0 Å². The molecular weight excluding hydrogens is 284 g/mol. The standard InChI is InChI=1S/C14H26N6S/c1-4-20(5-2)14-18-12(15)17-13(19-14)16-10-7-8-11(9-10)21-6-3/h10-11H,4-9H2,1-3H3,(H3,15,16,17,18,19). The molecule has 0 saturated heterocycles. The van der Waals surface area contributed by atoms with E-state index >= 15 is 0 Å². The van der Waals surface area contributed by atoms with Crippen LogP contribution in [-0.2, 0) is 0 Å². The average Bonchev–Trinajstić information content (AvgIpc) is 2.87. The lowest BCUT2D eigenvalue weighted by molar-refractivity contribution is 0.739. The van der Waals surface area contributed by atoms with Crippen molar-refractivity contribution in [2.45, 2.75) is 51.3 Å². The van der Waals surface area contributed by atoms with Crippen molar-refractivity contribution in [2.75, 3.05) is 34.8 Å². The Balaban J connectivity index is 2.03. The minimum atomic E-state index is 0.284. The van der Waals surface area contributed by atoms with Gasteiger partial charge in [-0.15, -0.1) is 0 Å². The number of anilines is 3. The highest BCUT2D eigenvalue weighted by Crippen LogP contribution is 2.31. The fourth-order valence-corrected chi connectivity index (χ4v) is 3.88. The number of nitrogens with one attached hydrogen (secondary N) is 1. The fourth-order valence-electron chi connectivity index (χ4n) is 2.73. The molecule has 1 saturated carbocycles. The van der Waals surface area contributed by atoms with E-state index in [0.29, 0.717) is 17.9 Å². The molecule has 1 aromatic rings. The summed E-state index contributed by atoms with van der Waals surface area (Å²) < 4.78 is 0. The highest BCUT2D eigenvalue weighted by atomic mass is 32.2. The molecule has 2 rings (SSSR count). The van der Waals surface area contributed by atoms with E-state index in [1.807, 2.05) is 11.8 Å². The largest absolute Gasteiger partial charge is 0.368 e. The molecule has 2 unspecified atom stereocenters. The first-order valence-corrected chi connectivity index (χ1v) is 8.85. The van der Waals surface area contributed by atoms with E-state index in [1.165, 1.54) is 25.0 Å². The lowest BCUT2D eigenvalue weighted by Gasteiger charge is -2.20. The number of hydrogen-bond donors (Lipinski definition) is 2. The summed E-state index contributed by atoms with van der Waals surface area (Å²) in [4.78, 5) is 15.1. The molecule has 2 atom stereocenters. The minimum absolute atomic E-state index is 0.284. The average molecular weight is 310 g/mol. The number of rotatable bonds is 7. The van der Waals surface area contributed by atoms with Crippen molar-refractivity contribution >= 4 is 29.6 Å². The summed E-state index contributed by atoms with van der Waals surface area (Å²) in [6.07, 6.45) is 3.61. The van der Waals surface area contributed by atoms with E-state index < -0.39 is 0 Å². The van der Waals surface area contributed by atoms with E-state index in [4.69, 9.17) is 5.73 Å². The van der Waals surface area contributed by atoms with Gasteiger partial charge in [-0.2, -0.15) is 26.7 Å². The van der Waals surface area contributed by atoms with Gasteiger partial charge in [0.05, 0.1) is 0 Å². The van der Waals surface area contributed by atoms with Crippen LogP contribution in [0.2, 0.25) is 0 Å². The number of nitrogen functional groups attached to an aromatic ring is 1. The van der Waals surface area contributed by atoms with Gasteiger partial charge >= 0.3 is 0 Å². The third kappa shape index (κ3) is 4.36. The fraction of sp³-hybridized carbons (Fsp3) is 0.786. The molecule has 0 bridgehead atoms. The topological polar surface area (TPSA) is 80.0 Å². The summed E-state index contributed by atoms with van der Waals surface area (Å²) in [5.74, 6) is 2.73. The molecule has 0 aromatic carbocycles. The van der Waals surface area contributed by atoms with Gasteiger partial charge in [0.15, 0.2) is 0 Å². The zero-order valence-electron chi connectivity index (χ0n) is 13.2. The number of thioether (sulfide) groups is 1. The van der Waals surface area contributed by atoms with Crippen molar-refractivity contribution in [3.8, 4) is 0 Å². The second kappa shape index (κ2) is 7.68. The van der Waals surface area contributed by atoms with Gasteiger partial charge in [0.25, 0.3) is 0 Å². The summed E-state index contributed by atoms with van der Waals surface area (Å²) in [6, 6.07) is 0.445. The van der Waals surface area contributed by atoms with Crippen molar-refractivity contribution in [1.82, 2.24) is 15.0 Å². The Labute approximate surface area is 131 Å². The van der Waals surface area contributed by atoms with Gasteiger partial charge in [0.2, 0.25) is 17.8 Å². The lowest BCUT2D eigenvalue weighted by Crippen LogP contribution is -2.26. The van der Waals surface area contributed by atoms with Crippen molar-refractivity contribution in [1.29, 1.82) is 0 Å². The first-order valence-electron chi connectivity index (χ1n) is 7.80. The molecule has 7 heteroatoms. The van der Waals surface area contributed by atoms with Crippen molar-refractivity contribution < 1.29 is 0 Å². The summed E-state index contributed by atoms with van der Waals surface area (Å²) in [5.41, 5.74) is 5.82. The van der Waals surface area contributed by atoms with Crippen LogP contribution in [0.3, 0.4) is 0 Å². The Kier molecular flexibility index (Phi) is 5.90. The van der Waals surface area contributed by atoms with Crippen LogP contribution >= 0.6 is 11.8 Å². The highest BCUT2D eigenvalue weighted by molar-refractivity contribution is 7.99. The summed E-state index contributed by atoms with van der Waals surface area (Å²) >= 11 is 2.05. The molecule has 0 aliphatic heterocycles. The maximum absolute atomic E-state index is 5.82. The molecule has 1 aromatic heterocycles. The minimum Gasteiger partial charge on any atom is -0.368 e. The van der Waals surface area contributed by atoms with Crippen LogP contribution in [-0.4, -0.2) is 45.1 Å². The summed E-state index contributed by atoms with van der Waals surface area (Å²) in [6.45, 7) is 8.10. The predicted octanol–water partition coefficient (Wildman–Crippen LogP) is 2.39. The molecule has 1 heterocycles. The van der Waals surface area contributed by atoms with Gasteiger partial charge in [0.1, 0.15) is 0 Å². The van der Waals surface area contributed by atoms with Crippen molar-refractivity contribution in [2.24, 2.45) is 0 Å². The van der Waals surface area contributed by atoms with Gasteiger partial charge in [-0.3, -0.25) is 0 Å². The molecular formula is C14H26N6S. The van der Waals surface area contributed by atoms with Gasteiger partial charge in [-0.05, 0) is 38.9 Å². The Hall–Kier alpha value is -1.24. The lowest BCUT2D eigenvalue weighted by atomic mass is 10.2. The summed E-state index contributed by atoms with van der Waals surface area (Å²) in [7, 11) is 0.